The molecule has 1 atom stereocenters. The number of carbonyl (C=O) groups is 1. The fourth-order valence-corrected chi connectivity index (χ4v) is 2.34. The fraction of sp³-hybridized carbons (Fsp3) is 0.312. The van der Waals surface area contributed by atoms with E-state index in [0.717, 1.165) is 5.56 Å². The van der Waals surface area contributed by atoms with Gasteiger partial charge in [0.15, 0.2) is 0 Å². The minimum Gasteiger partial charge on any atom is -0.344 e. The van der Waals surface area contributed by atoms with E-state index in [1.54, 1.807) is 11.9 Å². The van der Waals surface area contributed by atoms with Gasteiger partial charge in [-0.05, 0) is 23.3 Å². The number of benzene rings is 2. The molecular weight excluding hydrogens is 258 g/mol. The van der Waals surface area contributed by atoms with E-state index in [1.807, 2.05) is 25.1 Å². The molecule has 1 amide bonds. The molecule has 2 nitrogen and oxygen atoms in total. The van der Waals surface area contributed by atoms with Gasteiger partial charge in [0.25, 0.3) is 0 Å². The third-order valence-corrected chi connectivity index (χ3v) is 3.26. The van der Waals surface area contributed by atoms with Crippen LogP contribution in [0.1, 0.15) is 12.5 Å². The summed E-state index contributed by atoms with van der Waals surface area (Å²) in [6.45, 7) is 2.47. The van der Waals surface area contributed by atoms with Gasteiger partial charge in [0.2, 0.25) is 5.91 Å². The van der Waals surface area contributed by atoms with Gasteiger partial charge in [-0.3, -0.25) is 4.79 Å². The molecule has 0 bridgehead atoms. The maximum absolute atomic E-state index is 12.1. The van der Waals surface area contributed by atoms with Crippen LogP contribution in [-0.2, 0) is 11.2 Å². The van der Waals surface area contributed by atoms with E-state index in [9.17, 15) is 4.79 Å². The molecule has 0 fully saturated rings. The molecule has 0 aliphatic rings. The molecule has 3 heteroatoms. The number of amides is 1. The van der Waals surface area contributed by atoms with E-state index in [2.05, 4.69) is 24.3 Å². The standard InChI is InChI=1S/C16H18ClNO/c1-12(17)11-18(2)16(19)10-13-7-8-14-5-3-4-6-15(14)9-13/h3-9,12H,10-11H2,1-2H3. The van der Waals surface area contributed by atoms with Crippen LogP contribution < -0.4 is 0 Å². The first-order chi connectivity index (χ1) is 9.06. The average molecular weight is 276 g/mol. The van der Waals surface area contributed by atoms with E-state index < -0.39 is 0 Å². The van der Waals surface area contributed by atoms with Gasteiger partial charge in [0.05, 0.1) is 6.42 Å². The van der Waals surface area contributed by atoms with Crippen LogP contribution >= 0.6 is 11.6 Å². The van der Waals surface area contributed by atoms with Crippen molar-refractivity contribution in [3.05, 3.63) is 48.0 Å². The Balaban J connectivity index is 2.10. The highest BCUT2D eigenvalue weighted by Crippen LogP contribution is 2.16. The van der Waals surface area contributed by atoms with Gasteiger partial charge in [0.1, 0.15) is 0 Å². The van der Waals surface area contributed by atoms with Crippen molar-refractivity contribution in [2.75, 3.05) is 13.6 Å². The summed E-state index contributed by atoms with van der Waals surface area (Å²) in [4.78, 5) is 13.7. The minimum absolute atomic E-state index is 0.0226. The van der Waals surface area contributed by atoms with E-state index >= 15 is 0 Å². The van der Waals surface area contributed by atoms with Crippen molar-refractivity contribution >= 4 is 28.3 Å². The Morgan fingerprint density at radius 2 is 1.89 bits per heavy atom. The zero-order valence-corrected chi connectivity index (χ0v) is 12.0. The van der Waals surface area contributed by atoms with E-state index in [1.165, 1.54) is 10.8 Å². The predicted molar refractivity (Wildman–Crippen MR) is 80.6 cm³/mol. The van der Waals surface area contributed by atoms with Crippen LogP contribution in [0.4, 0.5) is 0 Å². The number of nitrogens with zero attached hydrogens (tertiary/aromatic N) is 1. The molecule has 2 rings (SSSR count). The molecule has 0 saturated carbocycles. The molecule has 1 unspecified atom stereocenters. The zero-order valence-electron chi connectivity index (χ0n) is 11.3. The third kappa shape index (κ3) is 3.71. The van der Waals surface area contributed by atoms with Crippen LogP contribution in [0.3, 0.4) is 0 Å². The summed E-state index contributed by atoms with van der Waals surface area (Å²) >= 11 is 5.90. The Hall–Kier alpha value is -1.54. The highest BCUT2D eigenvalue weighted by atomic mass is 35.5. The van der Waals surface area contributed by atoms with Crippen molar-refractivity contribution in [1.29, 1.82) is 0 Å². The van der Waals surface area contributed by atoms with Crippen LogP contribution in [-0.4, -0.2) is 29.8 Å². The first kappa shape index (κ1) is 13.9. The van der Waals surface area contributed by atoms with E-state index in [-0.39, 0.29) is 11.3 Å². The normalized spacial score (nSPS) is 12.4. The van der Waals surface area contributed by atoms with Crippen LogP contribution in [0.15, 0.2) is 42.5 Å². The number of fused-ring (bicyclic) bond motifs is 1. The molecule has 2 aromatic carbocycles. The van der Waals surface area contributed by atoms with Crippen molar-refractivity contribution < 1.29 is 4.79 Å². The second-order valence-electron chi connectivity index (χ2n) is 4.91. The van der Waals surface area contributed by atoms with Gasteiger partial charge in [-0.25, -0.2) is 0 Å². The Bertz CT molecular complexity index is 580. The average Bonchev–Trinajstić information content (AvgIpc) is 2.37. The van der Waals surface area contributed by atoms with Crippen LogP contribution in [0, 0.1) is 0 Å². The van der Waals surface area contributed by atoms with E-state index in [0.29, 0.717) is 13.0 Å². The lowest BCUT2D eigenvalue weighted by molar-refractivity contribution is -0.129. The molecule has 0 aliphatic heterocycles. The molecule has 0 heterocycles. The van der Waals surface area contributed by atoms with Crippen LogP contribution in [0.2, 0.25) is 0 Å². The van der Waals surface area contributed by atoms with E-state index in [4.69, 9.17) is 11.6 Å². The quantitative estimate of drug-likeness (QED) is 0.783. The Morgan fingerprint density at radius 3 is 2.58 bits per heavy atom. The summed E-state index contributed by atoms with van der Waals surface area (Å²) < 4.78 is 0. The van der Waals surface area contributed by atoms with Crippen LogP contribution in [0.25, 0.3) is 10.8 Å². The molecule has 0 aliphatic carbocycles. The molecule has 0 saturated heterocycles. The Morgan fingerprint density at radius 1 is 1.21 bits per heavy atom. The van der Waals surface area contributed by atoms with Crippen molar-refractivity contribution in [3.8, 4) is 0 Å². The third-order valence-electron chi connectivity index (χ3n) is 3.12. The van der Waals surface area contributed by atoms with Gasteiger partial charge < -0.3 is 4.90 Å². The monoisotopic (exact) mass is 275 g/mol. The lowest BCUT2D eigenvalue weighted by Crippen LogP contribution is -2.32. The molecule has 0 aromatic heterocycles. The Kier molecular flexibility index (Phi) is 4.43. The predicted octanol–water partition coefficient (Wildman–Crippen LogP) is 3.47. The number of hydrogen-bond donors (Lipinski definition) is 0. The number of likely N-dealkylation sites (N-methyl/N-ethyl adjacent to an activating group) is 1. The summed E-state index contributed by atoms with van der Waals surface area (Å²) in [5.41, 5.74) is 1.04. The number of alkyl halides is 1. The van der Waals surface area contributed by atoms with Crippen molar-refractivity contribution in [1.82, 2.24) is 4.90 Å². The van der Waals surface area contributed by atoms with Gasteiger partial charge in [0, 0.05) is 19.0 Å². The van der Waals surface area contributed by atoms with Gasteiger partial charge in [-0.1, -0.05) is 42.5 Å². The summed E-state index contributed by atoms with van der Waals surface area (Å²) in [5.74, 6) is 0.0998. The van der Waals surface area contributed by atoms with Gasteiger partial charge in [-0.15, -0.1) is 11.6 Å². The fourth-order valence-electron chi connectivity index (χ4n) is 2.14. The number of rotatable bonds is 4. The summed E-state index contributed by atoms with van der Waals surface area (Å²) in [6.07, 6.45) is 0.422. The summed E-state index contributed by atoms with van der Waals surface area (Å²) in [6, 6.07) is 14.3. The number of carbonyl (C=O) groups excluding carboxylic acids is 1. The lowest BCUT2D eigenvalue weighted by atomic mass is 10.0. The molecule has 0 spiro atoms. The van der Waals surface area contributed by atoms with Gasteiger partial charge in [-0.2, -0.15) is 0 Å². The summed E-state index contributed by atoms with van der Waals surface area (Å²) in [7, 11) is 1.79. The molecule has 0 radical (unpaired) electrons. The van der Waals surface area contributed by atoms with Crippen molar-refractivity contribution in [2.45, 2.75) is 18.7 Å². The largest absolute Gasteiger partial charge is 0.344 e. The molecule has 19 heavy (non-hydrogen) atoms. The second kappa shape index (κ2) is 6.07. The SMILES string of the molecule is CC(Cl)CN(C)C(=O)Cc1ccc2ccccc2c1. The Labute approximate surface area is 119 Å². The topological polar surface area (TPSA) is 20.3 Å². The highest BCUT2D eigenvalue weighted by Gasteiger charge is 2.11. The first-order valence-electron chi connectivity index (χ1n) is 6.42. The lowest BCUT2D eigenvalue weighted by Gasteiger charge is -2.18. The van der Waals surface area contributed by atoms with Crippen molar-refractivity contribution in [3.63, 3.8) is 0 Å². The summed E-state index contributed by atoms with van der Waals surface area (Å²) in [5, 5.41) is 2.34. The molecular formula is C16H18ClNO. The maximum atomic E-state index is 12.1. The number of halogens is 1. The zero-order chi connectivity index (χ0) is 13.8. The molecule has 100 valence electrons. The molecule has 2 aromatic rings. The minimum atomic E-state index is -0.0226. The number of hydrogen-bond acceptors (Lipinski definition) is 1. The highest BCUT2D eigenvalue weighted by molar-refractivity contribution is 6.20. The van der Waals surface area contributed by atoms with Gasteiger partial charge >= 0.3 is 0 Å². The smallest absolute Gasteiger partial charge is 0.226 e. The molecule has 0 N–H and O–H groups in total. The van der Waals surface area contributed by atoms with Crippen LogP contribution in [0.5, 0.6) is 0 Å². The van der Waals surface area contributed by atoms with Crippen molar-refractivity contribution in [2.24, 2.45) is 0 Å². The first-order valence-corrected chi connectivity index (χ1v) is 6.85. The maximum Gasteiger partial charge on any atom is 0.226 e. The second-order valence-corrected chi connectivity index (χ2v) is 5.66.